The molecule has 1 aromatic heterocycles. The normalized spacial score (nSPS) is 10.2. The third kappa shape index (κ3) is 5.14. The first-order chi connectivity index (χ1) is 13.5. The van der Waals surface area contributed by atoms with Crippen LogP contribution >= 0.6 is 0 Å². The zero-order valence-corrected chi connectivity index (χ0v) is 15.1. The lowest BCUT2D eigenvalue weighted by molar-refractivity contribution is -0.115. The van der Waals surface area contributed by atoms with Gasteiger partial charge in [-0.1, -0.05) is 12.1 Å². The zero-order chi connectivity index (χ0) is 19.9. The minimum absolute atomic E-state index is 0.0737. The summed E-state index contributed by atoms with van der Waals surface area (Å²) in [4.78, 5) is 27.7. The van der Waals surface area contributed by atoms with Gasteiger partial charge in [-0.15, -0.1) is 0 Å². The molecule has 0 aliphatic heterocycles. The number of nitrogens with zero attached hydrogens (tertiary/aromatic N) is 1. The summed E-state index contributed by atoms with van der Waals surface area (Å²) >= 11 is 0. The fourth-order valence-corrected chi connectivity index (χ4v) is 2.53. The second kappa shape index (κ2) is 8.77. The Kier molecular flexibility index (Phi) is 5.96. The van der Waals surface area contributed by atoms with Crippen LogP contribution in [0.15, 0.2) is 66.9 Å². The second-order valence-electron chi connectivity index (χ2n) is 5.98. The van der Waals surface area contributed by atoms with E-state index in [4.69, 9.17) is 0 Å². The predicted octanol–water partition coefficient (Wildman–Crippen LogP) is 3.93. The highest BCUT2D eigenvalue weighted by atomic mass is 19.1. The minimum atomic E-state index is -0.400. The van der Waals surface area contributed by atoms with Gasteiger partial charge in [-0.3, -0.25) is 4.79 Å². The lowest BCUT2D eigenvalue weighted by atomic mass is 10.1. The Labute approximate surface area is 161 Å². The molecular weight excluding hydrogens is 361 g/mol. The minimum Gasteiger partial charge on any atom is -0.465 e. The fraction of sp³-hybridized carbons (Fsp3) is 0.0952. The van der Waals surface area contributed by atoms with Crippen LogP contribution < -0.4 is 10.6 Å². The summed E-state index contributed by atoms with van der Waals surface area (Å²) in [5.41, 5.74) is 2.34. The Morgan fingerprint density at radius 2 is 1.79 bits per heavy atom. The number of esters is 1. The molecule has 28 heavy (non-hydrogen) atoms. The molecule has 0 radical (unpaired) electrons. The van der Waals surface area contributed by atoms with Gasteiger partial charge < -0.3 is 15.4 Å². The first-order valence-electron chi connectivity index (χ1n) is 8.49. The van der Waals surface area contributed by atoms with Crippen molar-refractivity contribution in [1.29, 1.82) is 0 Å². The van der Waals surface area contributed by atoms with Crippen molar-refractivity contribution in [3.8, 4) is 0 Å². The third-order valence-electron chi connectivity index (χ3n) is 3.88. The highest BCUT2D eigenvalue weighted by Crippen LogP contribution is 2.17. The van der Waals surface area contributed by atoms with Gasteiger partial charge in [0.05, 0.1) is 31.0 Å². The van der Waals surface area contributed by atoms with E-state index in [9.17, 15) is 14.0 Å². The number of rotatable bonds is 6. The van der Waals surface area contributed by atoms with Crippen molar-refractivity contribution in [2.24, 2.45) is 0 Å². The highest BCUT2D eigenvalue weighted by molar-refractivity contribution is 5.92. The summed E-state index contributed by atoms with van der Waals surface area (Å²) in [6.45, 7) is 0. The van der Waals surface area contributed by atoms with Gasteiger partial charge in [0, 0.05) is 5.69 Å². The van der Waals surface area contributed by atoms with E-state index in [0.717, 1.165) is 5.69 Å². The van der Waals surface area contributed by atoms with Crippen LogP contribution in [0.25, 0.3) is 0 Å². The first kappa shape index (κ1) is 19.0. The largest absolute Gasteiger partial charge is 0.465 e. The van der Waals surface area contributed by atoms with Crippen molar-refractivity contribution in [2.45, 2.75) is 6.42 Å². The molecule has 0 unspecified atom stereocenters. The fourth-order valence-electron chi connectivity index (χ4n) is 2.53. The van der Waals surface area contributed by atoms with Crippen LogP contribution in [0.5, 0.6) is 0 Å². The number of hydrogen-bond acceptors (Lipinski definition) is 5. The Bertz CT molecular complexity index is 973. The Morgan fingerprint density at radius 1 is 1.04 bits per heavy atom. The summed E-state index contributed by atoms with van der Waals surface area (Å²) in [5, 5.41) is 5.82. The molecule has 142 valence electrons. The maximum Gasteiger partial charge on any atom is 0.337 e. The lowest BCUT2D eigenvalue weighted by Crippen LogP contribution is -2.14. The molecule has 0 aliphatic rings. The number of aromatic nitrogens is 1. The summed E-state index contributed by atoms with van der Waals surface area (Å²) in [5.74, 6) is -0.453. The van der Waals surface area contributed by atoms with Gasteiger partial charge in [0.25, 0.3) is 0 Å². The number of pyridine rings is 1. The molecule has 0 saturated heterocycles. The van der Waals surface area contributed by atoms with Gasteiger partial charge in [-0.25, -0.2) is 14.2 Å². The number of hydrogen-bond donors (Lipinski definition) is 2. The number of benzene rings is 2. The Hall–Kier alpha value is -3.74. The monoisotopic (exact) mass is 379 g/mol. The number of ether oxygens (including phenoxy) is 1. The molecular formula is C21H18FN3O3. The van der Waals surface area contributed by atoms with Crippen molar-refractivity contribution in [2.75, 3.05) is 17.7 Å². The van der Waals surface area contributed by atoms with Gasteiger partial charge >= 0.3 is 5.97 Å². The van der Waals surface area contributed by atoms with Gasteiger partial charge in [0.1, 0.15) is 11.6 Å². The maximum absolute atomic E-state index is 13.2. The number of nitrogens with one attached hydrogen (secondary N) is 2. The highest BCUT2D eigenvalue weighted by Gasteiger charge is 2.07. The topological polar surface area (TPSA) is 80.3 Å². The summed E-state index contributed by atoms with van der Waals surface area (Å²) < 4.78 is 17.8. The van der Waals surface area contributed by atoms with Crippen molar-refractivity contribution in [1.82, 2.24) is 4.98 Å². The van der Waals surface area contributed by atoms with Crippen LogP contribution in [0.4, 0.5) is 21.6 Å². The van der Waals surface area contributed by atoms with E-state index in [1.807, 2.05) is 0 Å². The average molecular weight is 379 g/mol. The molecule has 3 rings (SSSR count). The van der Waals surface area contributed by atoms with E-state index < -0.39 is 5.97 Å². The molecule has 0 fully saturated rings. The lowest BCUT2D eigenvalue weighted by Gasteiger charge is -2.08. The first-order valence-corrected chi connectivity index (χ1v) is 8.49. The molecule has 2 N–H and O–H groups in total. The van der Waals surface area contributed by atoms with Gasteiger partial charge in [0.15, 0.2) is 0 Å². The number of amides is 1. The van der Waals surface area contributed by atoms with Crippen molar-refractivity contribution in [3.63, 3.8) is 0 Å². The number of carbonyl (C=O) groups is 2. The molecule has 0 aliphatic carbocycles. The summed E-state index contributed by atoms with van der Waals surface area (Å²) in [7, 11) is 1.33. The van der Waals surface area contributed by atoms with Crippen molar-refractivity contribution < 1.29 is 18.7 Å². The predicted molar refractivity (Wildman–Crippen MR) is 104 cm³/mol. The van der Waals surface area contributed by atoms with Crippen molar-refractivity contribution in [3.05, 3.63) is 83.8 Å². The van der Waals surface area contributed by atoms with E-state index >= 15 is 0 Å². The summed E-state index contributed by atoms with van der Waals surface area (Å²) in [6.07, 6.45) is 1.60. The van der Waals surface area contributed by atoms with E-state index in [1.165, 1.54) is 25.4 Å². The molecule has 3 aromatic rings. The van der Waals surface area contributed by atoms with Crippen LogP contribution in [0.2, 0.25) is 0 Å². The molecule has 0 saturated carbocycles. The standard InChI is InChI=1S/C21H18FN3O3/c1-28-21(27)15-5-7-17(8-6-15)24-19-10-9-18(13-23-19)25-20(26)12-14-3-2-4-16(22)11-14/h2-11,13H,12H2,1H3,(H,23,24)(H,25,26). The van der Waals surface area contributed by atoms with Crippen LogP contribution in [-0.4, -0.2) is 24.0 Å². The molecule has 2 aromatic carbocycles. The van der Waals surface area contributed by atoms with Crippen LogP contribution in [-0.2, 0) is 16.0 Å². The second-order valence-corrected chi connectivity index (χ2v) is 5.98. The van der Waals surface area contributed by atoms with Gasteiger partial charge in [0.2, 0.25) is 5.91 Å². The number of methoxy groups -OCH3 is 1. The Morgan fingerprint density at radius 3 is 2.43 bits per heavy atom. The molecule has 1 heterocycles. The smallest absolute Gasteiger partial charge is 0.337 e. The molecule has 6 nitrogen and oxygen atoms in total. The molecule has 1 amide bonds. The van der Waals surface area contributed by atoms with E-state index in [-0.39, 0.29) is 18.1 Å². The van der Waals surface area contributed by atoms with E-state index in [2.05, 4.69) is 20.4 Å². The zero-order valence-electron chi connectivity index (χ0n) is 15.1. The third-order valence-corrected chi connectivity index (χ3v) is 3.88. The molecule has 7 heteroatoms. The maximum atomic E-state index is 13.2. The van der Waals surface area contributed by atoms with Gasteiger partial charge in [-0.05, 0) is 54.1 Å². The van der Waals surface area contributed by atoms with E-state index in [1.54, 1.807) is 48.5 Å². The van der Waals surface area contributed by atoms with Crippen molar-refractivity contribution >= 4 is 29.1 Å². The van der Waals surface area contributed by atoms with Crippen LogP contribution in [0.3, 0.4) is 0 Å². The average Bonchev–Trinajstić information content (AvgIpc) is 2.69. The Balaban J connectivity index is 1.57. The number of anilines is 3. The number of halogens is 1. The summed E-state index contributed by atoms with van der Waals surface area (Å²) in [6, 6.07) is 16.1. The number of carbonyl (C=O) groups excluding carboxylic acids is 2. The van der Waals surface area contributed by atoms with E-state index in [0.29, 0.717) is 22.6 Å². The van der Waals surface area contributed by atoms with Gasteiger partial charge in [-0.2, -0.15) is 0 Å². The molecule has 0 spiro atoms. The quantitative estimate of drug-likeness (QED) is 0.635. The van der Waals surface area contributed by atoms with Crippen LogP contribution in [0, 0.1) is 5.82 Å². The van der Waals surface area contributed by atoms with Crippen LogP contribution in [0.1, 0.15) is 15.9 Å². The SMILES string of the molecule is COC(=O)c1ccc(Nc2ccc(NC(=O)Cc3cccc(F)c3)cn2)cc1. The molecule has 0 bridgehead atoms. The molecule has 0 atom stereocenters.